The summed E-state index contributed by atoms with van der Waals surface area (Å²) in [6.45, 7) is 1.83. The number of sulfonamides is 1. The number of hydrogen-bond acceptors (Lipinski definition) is 4. The number of aryl methyl sites for hydroxylation is 1. The van der Waals surface area contributed by atoms with Crippen LogP contribution in [-0.4, -0.2) is 20.6 Å². The van der Waals surface area contributed by atoms with Crippen LogP contribution in [0.2, 0.25) is 0 Å². The van der Waals surface area contributed by atoms with E-state index in [9.17, 15) is 8.42 Å². The Labute approximate surface area is 135 Å². The van der Waals surface area contributed by atoms with E-state index in [1.165, 1.54) is 7.05 Å². The fourth-order valence-electron chi connectivity index (χ4n) is 2.40. The lowest BCUT2D eigenvalue weighted by molar-refractivity contribution is 0.400. The van der Waals surface area contributed by atoms with Crippen LogP contribution in [0, 0.1) is 6.92 Å². The molecule has 3 rings (SSSR count). The van der Waals surface area contributed by atoms with Crippen molar-refractivity contribution in [3.63, 3.8) is 0 Å². The summed E-state index contributed by atoms with van der Waals surface area (Å²) in [5.74, 6) is 0.680. The summed E-state index contributed by atoms with van der Waals surface area (Å²) in [6, 6.07) is 16.3. The molecule has 1 aromatic heterocycles. The highest BCUT2D eigenvalue weighted by Gasteiger charge is 2.16. The van der Waals surface area contributed by atoms with Crippen molar-refractivity contribution >= 4 is 10.0 Å². The Bertz CT molecular complexity index is 914. The van der Waals surface area contributed by atoms with Crippen molar-refractivity contribution in [1.29, 1.82) is 0 Å². The van der Waals surface area contributed by atoms with Gasteiger partial charge in [0.1, 0.15) is 21.5 Å². The van der Waals surface area contributed by atoms with Gasteiger partial charge in [0.15, 0.2) is 0 Å². The van der Waals surface area contributed by atoms with E-state index in [1.54, 1.807) is 24.3 Å². The molecular formula is C17H15N2O3S-. The molecule has 0 bridgehead atoms. The maximum atomic E-state index is 11.8. The van der Waals surface area contributed by atoms with Gasteiger partial charge in [-0.1, -0.05) is 47.6 Å². The highest BCUT2D eigenvalue weighted by atomic mass is 32.2. The second-order valence-electron chi connectivity index (χ2n) is 5.01. The molecule has 0 atom stereocenters. The molecule has 0 saturated heterocycles. The molecule has 0 aliphatic heterocycles. The van der Waals surface area contributed by atoms with E-state index in [0.29, 0.717) is 5.76 Å². The summed E-state index contributed by atoms with van der Waals surface area (Å²) in [6.07, 6.45) is 0. The van der Waals surface area contributed by atoms with Crippen LogP contribution in [0.5, 0.6) is 0 Å². The summed E-state index contributed by atoms with van der Waals surface area (Å²) >= 11 is 0. The lowest BCUT2D eigenvalue weighted by Gasteiger charge is -2.13. The van der Waals surface area contributed by atoms with E-state index in [-0.39, 0.29) is 4.90 Å². The summed E-state index contributed by atoms with van der Waals surface area (Å²) in [4.78, 5) is 0.166. The van der Waals surface area contributed by atoms with Crippen LogP contribution in [0.3, 0.4) is 0 Å². The molecule has 3 aromatic rings. The van der Waals surface area contributed by atoms with Crippen molar-refractivity contribution in [3.8, 4) is 22.4 Å². The minimum Gasteiger partial charge on any atom is -0.547 e. The lowest BCUT2D eigenvalue weighted by Crippen LogP contribution is -1.97. The van der Waals surface area contributed by atoms with Crippen LogP contribution in [0.25, 0.3) is 27.1 Å². The standard InChI is InChI=1S/C17H15N2O3S/c1-12-16(17(19-22-12)14-6-4-3-5-7-14)13-8-10-15(11-9-13)23(20,21)18-2/h3-11H,1-2H3/q-1. The zero-order valence-corrected chi connectivity index (χ0v) is 13.5. The molecule has 0 N–H and O–H groups in total. The van der Waals surface area contributed by atoms with Gasteiger partial charge in [-0.25, -0.2) is 8.42 Å². The molecule has 118 valence electrons. The molecule has 0 aliphatic rings. The van der Waals surface area contributed by atoms with Crippen LogP contribution in [0.15, 0.2) is 64.0 Å². The van der Waals surface area contributed by atoms with Crippen molar-refractivity contribution < 1.29 is 12.9 Å². The van der Waals surface area contributed by atoms with Crippen LogP contribution in [0.1, 0.15) is 5.76 Å². The van der Waals surface area contributed by atoms with Crippen molar-refractivity contribution in [2.45, 2.75) is 11.8 Å². The molecular weight excluding hydrogens is 312 g/mol. The quantitative estimate of drug-likeness (QED) is 0.725. The number of hydrogen-bond donors (Lipinski definition) is 0. The van der Waals surface area contributed by atoms with E-state index in [1.807, 2.05) is 37.3 Å². The zero-order chi connectivity index (χ0) is 16.4. The smallest absolute Gasteiger partial charge is 0.142 e. The van der Waals surface area contributed by atoms with Gasteiger partial charge in [-0.15, -0.1) is 0 Å². The lowest BCUT2D eigenvalue weighted by atomic mass is 10.00. The zero-order valence-electron chi connectivity index (χ0n) is 12.7. The number of nitrogens with zero attached hydrogens (tertiary/aromatic N) is 2. The normalized spacial score (nSPS) is 11.6. The first-order valence-corrected chi connectivity index (χ1v) is 8.45. The van der Waals surface area contributed by atoms with Crippen molar-refractivity contribution in [2.24, 2.45) is 0 Å². The third kappa shape index (κ3) is 2.91. The van der Waals surface area contributed by atoms with E-state index < -0.39 is 10.0 Å². The number of aromatic nitrogens is 1. The van der Waals surface area contributed by atoms with Crippen molar-refractivity contribution in [1.82, 2.24) is 5.16 Å². The Kier molecular flexibility index (Phi) is 4.02. The number of benzene rings is 2. The molecule has 0 radical (unpaired) electrons. The third-order valence-corrected chi connectivity index (χ3v) is 4.94. The van der Waals surface area contributed by atoms with Gasteiger partial charge in [0.25, 0.3) is 0 Å². The van der Waals surface area contributed by atoms with E-state index in [0.717, 1.165) is 22.4 Å². The summed E-state index contributed by atoms with van der Waals surface area (Å²) < 4.78 is 32.3. The molecule has 0 unspecified atom stereocenters. The Morgan fingerprint density at radius 2 is 1.61 bits per heavy atom. The molecule has 23 heavy (non-hydrogen) atoms. The molecule has 0 amide bonds. The van der Waals surface area contributed by atoms with Crippen LogP contribution < -0.4 is 0 Å². The summed E-state index contributed by atoms with van der Waals surface area (Å²) in [7, 11) is -2.31. The Morgan fingerprint density at radius 3 is 2.22 bits per heavy atom. The maximum Gasteiger partial charge on any atom is 0.142 e. The first-order chi connectivity index (χ1) is 11.0. The van der Waals surface area contributed by atoms with Gasteiger partial charge in [0, 0.05) is 10.5 Å². The van der Waals surface area contributed by atoms with Gasteiger partial charge >= 0.3 is 0 Å². The summed E-state index contributed by atoms with van der Waals surface area (Å²) in [5.41, 5.74) is 3.38. The fourth-order valence-corrected chi connectivity index (χ4v) is 3.10. The maximum absolute atomic E-state index is 11.8. The van der Waals surface area contributed by atoms with Crippen LogP contribution >= 0.6 is 0 Å². The van der Waals surface area contributed by atoms with Gasteiger partial charge in [0.2, 0.25) is 0 Å². The van der Waals surface area contributed by atoms with Gasteiger partial charge in [-0.05, 0) is 24.6 Å². The van der Waals surface area contributed by atoms with Crippen molar-refractivity contribution in [3.05, 3.63) is 65.1 Å². The van der Waals surface area contributed by atoms with Crippen LogP contribution in [0.4, 0.5) is 0 Å². The fraction of sp³-hybridized carbons (Fsp3) is 0.118. The monoisotopic (exact) mass is 327 g/mol. The Hall–Kier alpha value is -2.44. The highest BCUT2D eigenvalue weighted by molar-refractivity contribution is 7.94. The van der Waals surface area contributed by atoms with Gasteiger partial charge in [-0.2, -0.15) is 7.05 Å². The predicted molar refractivity (Wildman–Crippen MR) is 88.6 cm³/mol. The Morgan fingerprint density at radius 1 is 0.957 bits per heavy atom. The van der Waals surface area contributed by atoms with Gasteiger partial charge in [0.05, 0.1) is 5.56 Å². The third-order valence-electron chi connectivity index (χ3n) is 3.59. The van der Waals surface area contributed by atoms with E-state index in [2.05, 4.69) is 9.88 Å². The van der Waals surface area contributed by atoms with E-state index >= 15 is 0 Å². The first-order valence-electron chi connectivity index (χ1n) is 7.01. The second kappa shape index (κ2) is 5.98. The number of rotatable bonds is 4. The summed E-state index contributed by atoms with van der Waals surface area (Å²) in [5, 5.41) is 4.14. The second-order valence-corrected chi connectivity index (χ2v) is 6.80. The van der Waals surface area contributed by atoms with Gasteiger partial charge in [-0.3, -0.25) is 0 Å². The average Bonchev–Trinajstić information content (AvgIpc) is 2.97. The molecule has 6 heteroatoms. The first kappa shape index (κ1) is 15.5. The SMILES string of the molecule is C[N-]S(=O)(=O)c1ccc(-c2c(-c3ccccc3)noc2C)cc1. The molecule has 2 aromatic carbocycles. The predicted octanol–water partition coefficient (Wildman–Crippen LogP) is 4.01. The highest BCUT2D eigenvalue weighted by Crippen LogP contribution is 2.34. The molecule has 0 fully saturated rings. The molecule has 5 nitrogen and oxygen atoms in total. The van der Waals surface area contributed by atoms with Gasteiger partial charge < -0.3 is 9.25 Å². The largest absolute Gasteiger partial charge is 0.547 e. The Balaban J connectivity index is 2.08. The van der Waals surface area contributed by atoms with Crippen molar-refractivity contribution in [2.75, 3.05) is 7.05 Å². The van der Waals surface area contributed by atoms with E-state index in [4.69, 9.17) is 4.52 Å². The minimum atomic E-state index is -3.57. The molecule has 0 saturated carbocycles. The average molecular weight is 327 g/mol. The van der Waals surface area contributed by atoms with Crippen LogP contribution in [-0.2, 0) is 10.0 Å². The minimum absolute atomic E-state index is 0.166. The topological polar surface area (TPSA) is 74.3 Å². The molecule has 0 spiro atoms. The molecule has 0 aliphatic carbocycles. The molecule has 1 heterocycles.